The second-order valence-corrected chi connectivity index (χ2v) is 3.48. The van der Waals surface area contributed by atoms with Crippen molar-refractivity contribution >= 4 is 29.4 Å². The van der Waals surface area contributed by atoms with Crippen LogP contribution in [0.15, 0.2) is 27.3 Å². The molecule has 0 unspecified atom stereocenters. The van der Waals surface area contributed by atoms with Crippen LogP contribution in [0.2, 0.25) is 0 Å². The number of rotatable bonds is 0. The molecule has 3 heteroatoms. The number of fused-ring (bicyclic) bond motifs is 1. The van der Waals surface area contributed by atoms with Crippen molar-refractivity contribution in [3.63, 3.8) is 0 Å². The zero-order valence-electron chi connectivity index (χ0n) is 5.15. The van der Waals surface area contributed by atoms with Crippen LogP contribution in [0.5, 0.6) is 0 Å². The predicted molar refractivity (Wildman–Crippen MR) is 46.3 cm³/mol. The Hall–Kier alpha value is -0.540. The van der Waals surface area contributed by atoms with Gasteiger partial charge in [0.15, 0.2) is 0 Å². The normalized spacial score (nSPS) is 14.8. The SMILES string of the molecule is C1=CSN=c2ccsc2=C1. The van der Waals surface area contributed by atoms with Gasteiger partial charge in [-0.2, -0.15) is 0 Å². The molecule has 0 aliphatic carbocycles. The van der Waals surface area contributed by atoms with Gasteiger partial charge in [-0.25, -0.2) is 4.40 Å². The van der Waals surface area contributed by atoms with Gasteiger partial charge in [-0.1, -0.05) is 6.08 Å². The van der Waals surface area contributed by atoms with Gasteiger partial charge in [0.2, 0.25) is 0 Å². The van der Waals surface area contributed by atoms with Crippen molar-refractivity contribution in [2.75, 3.05) is 0 Å². The molecular weight excluding hydrogens is 162 g/mol. The van der Waals surface area contributed by atoms with Gasteiger partial charge in [-0.3, -0.25) is 0 Å². The van der Waals surface area contributed by atoms with Gasteiger partial charge in [0.1, 0.15) is 0 Å². The van der Waals surface area contributed by atoms with Gasteiger partial charge in [-0.15, -0.1) is 11.3 Å². The fourth-order valence-corrected chi connectivity index (χ4v) is 2.04. The van der Waals surface area contributed by atoms with E-state index in [1.807, 2.05) is 17.6 Å². The van der Waals surface area contributed by atoms with Gasteiger partial charge in [-0.05, 0) is 22.9 Å². The van der Waals surface area contributed by atoms with Crippen LogP contribution < -0.4 is 9.89 Å². The zero-order valence-corrected chi connectivity index (χ0v) is 6.78. The van der Waals surface area contributed by atoms with E-state index in [2.05, 4.69) is 15.9 Å². The molecule has 0 atom stereocenters. The number of thiophene rings is 1. The molecule has 2 rings (SSSR count). The largest absolute Gasteiger partial charge is 0.211 e. The summed E-state index contributed by atoms with van der Waals surface area (Å²) in [6.07, 6.45) is 4.11. The fourth-order valence-electron chi connectivity index (χ4n) is 0.763. The van der Waals surface area contributed by atoms with E-state index in [-0.39, 0.29) is 0 Å². The van der Waals surface area contributed by atoms with Crippen molar-refractivity contribution in [2.45, 2.75) is 0 Å². The average molecular weight is 167 g/mol. The van der Waals surface area contributed by atoms with E-state index in [1.54, 1.807) is 11.3 Å². The van der Waals surface area contributed by atoms with E-state index < -0.39 is 0 Å². The lowest BCUT2D eigenvalue weighted by Gasteiger charge is -1.73. The third-order valence-corrected chi connectivity index (χ3v) is 2.66. The van der Waals surface area contributed by atoms with Crippen LogP contribution in [-0.2, 0) is 0 Å². The van der Waals surface area contributed by atoms with Crippen LogP contribution in [0, 0.1) is 0 Å². The lowest BCUT2D eigenvalue weighted by atomic mass is 10.5. The molecule has 0 N–H and O–H groups in total. The molecule has 0 bridgehead atoms. The van der Waals surface area contributed by atoms with Crippen molar-refractivity contribution in [2.24, 2.45) is 4.40 Å². The van der Waals surface area contributed by atoms with Crippen LogP contribution in [0.25, 0.3) is 6.08 Å². The Morgan fingerprint density at radius 1 is 1.40 bits per heavy atom. The standard InChI is InChI=1S/C7H5NS2/c1-2-7-6(3-5-9-7)8-10-4-1/h1-5H. The van der Waals surface area contributed by atoms with Crippen LogP contribution in [0.4, 0.5) is 0 Å². The Bertz CT molecular complexity index is 361. The van der Waals surface area contributed by atoms with Gasteiger partial charge in [0.05, 0.1) is 9.89 Å². The number of hydrogen-bond donors (Lipinski definition) is 0. The first-order valence-electron chi connectivity index (χ1n) is 2.91. The van der Waals surface area contributed by atoms with Crippen LogP contribution >= 0.6 is 23.3 Å². The van der Waals surface area contributed by atoms with Crippen molar-refractivity contribution in [1.29, 1.82) is 0 Å². The maximum absolute atomic E-state index is 4.26. The van der Waals surface area contributed by atoms with Crippen molar-refractivity contribution in [3.05, 3.63) is 32.8 Å². The third-order valence-electron chi connectivity index (χ3n) is 1.21. The highest BCUT2D eigenvalue weighted by atomic mass is 32.2. The first-order valence-corrected chi connectivity index (χ1v) is 4.63. The fraction of sp³-hybridized carbons (Fsp3) is 0. The summed E-state index contributed by atoms with van der Waals surface area (Å²) in [7, 11) is 0. The van der Waals surface area contributed by atoms with E-state index >= 15 is 0 Å². The minimum Gasteiger partial charge on any atom is -0.211 e. The molecule has 0 saturated heterocycles. The smallest absolute Gasteiger partial charge is 0.0896 e. The number of allylic oxidation sites excluding steroid dienone is 1. The first-order chi connectivity index (χ1) is 4.97. The van der Waals surface area contributed by atoms with E-state index in [0.29, 0.717) is 0 Å². The molecule has 50 valence electrons. The second kappa shape index (κ2) is 2.60. The Labute approximate surface area is 66.9 Å². The molecule has 0 radical (unpaired) electrons. The van der Waals surface area contributed by atoms with Gasteiger partial charge in [0.25, 0.3) is 0 Å². The molecule has 0 aromatic carbocycles. The summed E-state index contributed by atoms with van der Waals surface area (Å²) in [6.45, 7) is 0. The summed E-state index contributed by atoms with van der Waals surface area (Å²) >= 11 is 3.21. The molecule has 0 saturated carbocycles. The number of hydrogen-bond acceptors (Lipinski definition) is 3. The summed E-state index contributed by atoms with van der Waals surface area (Å²) < 4.78 is 5.51. The summed E-state index contributed by atoms with van der Waals surface area (Å²) in [5.41, 5.74) is 0. The van der Waals surface area contributed by atoms with Gasteiger partial charge in [0, 0.05) is 11.9 Å². The van der Waals surface area contributed by atoms with E-state index in [1.165, 1.54) is 16.5 Å². The molecule has 1 aliphatic heterocycles. The van der Waals surface area contributed by atoms with Crippen LogP contribution in [0.3, 0.4) is 0 Å². The molecule has 10 heavy (non-hydrogen) atoms. The van der Waals surface area contributed by atoms with Crippen LogP contribution in [0.1, 0.15) is 0 Å². The molecule has 1 nitrogen and oxygen atoms in total. The highest BCUT2D eigenvalue weighted by molar-refractivity contribution is 8.00. The quantitative estimate of drug-likeness (QED) is 0.531. The van der Waals surface area contributed by atoms with Gasteiger partial charge < -0.3 is 0 Å². The summed E-state index contributed by atoms with van der Waals surface area (Å²) in [5, 5.41) is 5.14. The molecular formula is C7H5NS2. The minimum atomic E-state index is 1.10. The predicted octanol–water partition coefficient (Wildman–Crippen LogP) is 1.32. The highest BCUT2D eigenvalue weighted by Crippen LogP contribution is 2.03. The lowest BCUT2D eigenvalue weighted by Crippen LogP contribution is -2.15. The zero-order chi connectivity index (χ0) is 6.81. The summed E-state index contributed by atoms with van der Waals surface area (Å²) in [5.74, 6) is 0. The molecule has 0 spiro atoms. The maximum Gasteiger partial charge on any atom is 0.0896 e. The van der Waals surface area contributed by atoms with Crippen molar-refractivity contribution in [1.82, 2.24) is 0 Å². The Kier molecular flexibility index (Phi) is 1.61. The topological polar surface area (TPSA) is 12.4 Å². The van der Waals surface area contributed by atoms with E-state index in [9.17, 15) is 0 Å². The van der Waals surface area contributed by atoms with E-state index in [4.69, 9.17) is 0 Å². The minimum absolute atomic E-state index is 1.10. The molecule has 1 aliphatic rings. The van der Waals surface area contributed by atoms with Crippen molar-refractivity contribution in [3.8, 4) is 0 Å². The molecule has 1 aromatic heterocycles. The third kappa shape index (κ3) is 1.02. The van der Waals surface area contributed by atoms with Gasteiger partial charge >= 0.3 is 0 Å². The van der Waals surface area contributed by atoms with Crippen LogP contribution in [-0.4, -0.2) is 0 Å². The maximum atomic E-state index is 4.26. The Morgan fingerprint density at radius 2 is 2.40 bits per heavy atom. The molecule has 0 amide bonds. The number of nitrogens with zero attached hydrogens (tertiary/aromatic N) is 1. The summed E-state index contributed by atoms with van der Waals surface area (Å²) in [4.78, 5) is 0. The Balaban J connectivity index is 2.82. The second-order valence-electron chi connectivity index (χ2n) is 1.86. The molecule has 1 aromatic rings. The first kappa shape index (κ1) is 6.19. The highest BCUT2D eigenvalue weighted by Gasteiger charge is 1.88. The lowest BCUT2D eigenvalue weighted by molar-refractivity contribution is 1.52. The van der Waals surface area contributed by atoms with E-state index in [0.717, 1.165) is 5.36 Å². The summed E-state index contributed by atoms with van der Waals surface area (Å²) in [6, 6.07) is 2.04. The van der Waals surface area contributed by atoms with Crippen molar-refractivity contribution < 1.29 is 0 Å². The monoisotopic (exact) mass is 167 g/mol. The Morgan fingerprint density at radius 3 is 3.40 bits per heavy atom. The molecule has 2 heterocycles. The molecule has 0 fully saturated rings. The average Bonchev–Trinajstić information content (AvgIpc) is 2.28.